The Kier molecular flexibility index (Phi) is 7.31. The molecule has 8 nitrogen and oxygen atoms in total. The predicted octanol–water partition coefficient (Wildman–Crippen LogP) is 3.41. The van der Waals surface area contributed by atoms with Gasteiger partial charge in [0.25, 0.3) is 5.56 Å². The lowest BCUT2D eigenvalue weighted by Crippen LogP contribution is -2.37. The van der Waals surface area contributed by atoms with Crippen molar-refractivity contribution in [1.29, 1.82) is 0 Å². The zero-order chi connectivity index (χ0) is 23.0. The molecule has 2 heterocycles. The molecule has 0 aliphatic heterocycles. The van der Waals surface area contributed by atoms with Gasteiger partial charge in [-0.3, -0.25) is 18.5 Å². The highest BCUT2D eigenvalue weighted by Gasteiger charge is 2.21. The number of hydrogen-bond acceptors (Lipinski definition) is 5. The van der Waals surface area contributed by atoms with Crippen molar-refractivity contribution in [3.63, 3.8) is 0 Å². The van der Waals surface area contributed by atoms with Gasteiger partial charge in [-0.15, -0.1) is 12.4 Å². The third-order valence-electron chi connectivity index (χ3n) is 5.17. The van der Waals surface area contributed by atoms with Crippen LogP contribution in [0.1, 0.15) is 11.1 Å². The summed E-state index contributed by atoms with van der Waals surface area (Å²) in [4.78, 5) is 32.0. The molecule has 0 radical (unpaired) electrons. The fraction of sp³-hybridized carbons (Fsp3) is 0.261. The van der Waals surface area contributed by atoms with E-state index in [0.29, 0.717) is 22.8 Å². The van der Waals surface area contributed by atoms with Crippen LogP contribution >= 0.6 is 24.0 Å². The Labute approximate surface area is 202 Å². The van der Waals surface area contributed by atoms with E-state index in [2.05, 4.69) is 9.88 Å². The van der Waals surface area contributed by atoms with Crippen LogP contribution in [0.2, 0.25) is 5.02 Å². The Hall–Kier alpha value is -3.07. The average Bonchev–Trinajstić information content (AvgIpc) is 3.10. The molecule has 2 aromatic heterocycles. The monoisotopic (exact) mass is 489 g/mol. The third-order valence-corrected chi connectivity index (χ3v) is 5.43. The minimum Gasteiger partial charge on any atom is -0.425 e. The first-order valence-electron chi connectivity index (χ1n) is 10.1. The molecular formula is C23H25Cl2N5O3. The highest BCUT2D eigenvalue weighted by atomic mass is 35.5. The van der Waals surface area contributed by atoms with E-state index < -0.39 is 11.2 Å². The van der Waals surface area contributed by atoms with E-state index in [-0.39, 0.29) is 24.1 Å². The van der Waals surface area contributed by atoms with Gasteiger partial charge in [-0.1, -0.05) is 35.9 Å². The molecule has 0 saturated heterocycles. The maximum Gasteiger partial charge on any atom is 0.332 e. The van der Waals surface area contributed by atoms with Crippen molar-refractivity contribution in [3.8, 4) is 11.8 Å². The molecular weight excluding hydrogens is 465 g/mol. The fourth-order valence-electron chi connectivity index (χ4n) is 3.60. The van der Waals surface area contributed by atoms with E-state index in [1.165, 1.54) is 11.6 Å². The molecule has 0 fully saturated rings. The number of rotatable bonds is 6. The molecule has 4 rings (SSSR count). The maximum absolute atomic E-state index is 13.0. The lowest BCUT2D eigenvalue weighted by molar-refractivity contribution is 0.397. The fourth-order valence-corrected chi connectivity index (χ4v) is 3.73. The van der Waals surface area contributed by atoms with Crippen LogP contribution in [0.3, 0.4) is 0 Å². The zero-order valence-corrected chi connectivity index (χ0v) is 20.4. The van der Waals surface area contributed by atoms with Gasteiger partial charge in [0.15, 0.2) is 11.2 Å². The van der Waals surface area contributed by atoms with Crippen LogP contribution in [0.5, 0.6) is 11.8 Å². The molecule has 2 aromatic carbocycles. The van der Waals surface area contributed by atoms with E-state index in [1.807, 2.05) is 50.5 Å². The van der Waals surface area contributed by atoms with Crippen LogP contribution in [-0.4, -0.2) is 37.7 Å². The number of imidazole rings is 1. The molecule has 0 atom stereocenters. The van der Waals surface area contributed by atoms with Crippen LogP contribution < -0.4 is 16.0 Å². The lowest BCUT2D eigenvalue weighted by atomic mass is 10.2. The normalized spacial score (nSPS) is 11.1. The van der Waals surface area contributed by atoms with Crippen LogP contribution in [0.15, 0.2) is 58.1 Å². The number of hydrogen-bond donors (Lipinski definition) is 0. The quantitative estimate of drug-likeness (QED) is 0.414. The summed E-state index contributed by atoms with van der Waals surface area (Å²) >= 11 is 6.02. The number of aryl methyl sites for hydroxylation is 1. The Morgan fingerprint density at radius 3 is 2.36 bits per heavy atom. The molecule has 33 heavy (non-hydrogen) atoms. The molecule has 0 aliphatic carbocycles. The van der Waals surface area contributed by atoms with Gasteiger partial charge in [0.1, 0.15) is 5.75 Å². The van der Waals surface area contributed by atoms with Crippen molar-refractivity contribution in [2.75, 3.05) is 14.1 Å². The predicted molar refractivity (Wildman–Crippen MR) is 132 cm³/mol. The van der Waals surface area contributed by atoms with Crippen molar-refractivity contribution in [3.05, 3.63) is 85.5 Å². The van der Waals surface area contributed by atoms with E-state index in [0.717, 1.165) is 22.2 Å². The number of halogens is 2. The molecule has 0 unspecified atom stereocenters. The number of fused-ring (bicyclic) bond motifs is 1. The van der Waals surface area contributed by atoms with Crippen molar-refractivity contribution >= 4 is 35.2 Å². The zero-order valence-electron chi connectivity index (χ0n) is 18.8. The Morgan fingerprint density at radius 2 is 1.70 bits per heavy atom. The summed E-state index contributed by atoms with van der Waals surface area (Å²) in [6.07, 6.45) is 0. The van der Waals surface area contributed by atoms with Gasteiger partial charge in [-0.2, -0.15) is 4.98 Å². The van der Waals surface area contributed by atoms with Gasteiger partial charge >= 0.3 is 11.7 Å². The van der Waals surface area contributed by atoms with Gasteiger partial charge in [-0.05, 0) is 49.5 Å². The first kappa shape index (κ1) is 24.6. The molecule has 174 valence electrons. The van der Waals surface area contributed by atoms with E-state index in [1.54, 1.807) is 23.7 Å². The number of ether oxygens (including phenoxy) is 1. The van der Waals surface area contributed by atoms with Gasteiger partial charge in [-0.25, -0.2) is 4.79 Å². The van der Waals surface area contributed by atoms with Crippen LogP contribution in [0.4, 0.5) is 0 Å². The summed E-state index contributed by atoms with van der Waals surface area (Å²) < 4.78 is 10.3. The number of benzene rings is 2. The molecule has 0 aliphatic rings. The minimum atomic E-state index is -0.446. The summed E-state index contributed by atoms with van der Waals surface area (Å²) in [5.74, 6) is 0.596. The molecule has 0 N–H and O–H groups in total. The lowest BCUT2D eigenvalue weighted by Gasteiger charge is -2.12. The average molecular weight is 490 g/mol. The SMILES string of the molecule is CN(C)Cc1cccc(Oc2nc3c(c(=O)n(C)c(=O)n3C)n2Cc2ccc(Cl)cc2)c1.Cl. The molecule has 0 spiro atoms. The highest BCUT2D eigenvalue weighted by Crippen LogP contribution is 2.26. The topological polar surface area (TPSA) is 74.3 Å². The van der Waals surface area contributed by atoms with Crippen molar-refractivity contribution < 1.29 is 4.74 Å². The van der Waals surface area contributed by atoms with E-state index in [4.69, 9.17) is 16.3 Å². The standard InChI is InChI=1S/C23H24ClN5O3.ClH/c1-26(2)13-16-6-5-7-18(12-16)32-22-25-20-19(21(30)28(4)23(31)27(20)3)29(22)14-15-8-10-17(24)11-9-15;/h5-12H,13-14H2,1-4H3;1H. The number of aromatic nitrogens is 4. The summed E-state index contributed by atoms with van der Waals surface area (Å²) in [5.41, 5.74) is 1.68. The summed E-state index contributed by atoms with van der Waals surface area (Å²) in [5, 5.41) is 0.622. The largest absolute Gasteiger partial charge is 0.425 e. The Balaban J connectivity index is 0.00000306. The van der Waals surface area contributed by atoms with Crippen molar-refractivity contribution in [2.24, 2.45) is 14.1 Å². The second-order valence-electron chi connectivity index (χ2n) is 7.97. The van der Waals surface area contributed by atoms with E-state index in [9.17, 15) is 9.59 Å². The van der Waals surface area contributed by atoms with Gasteiger partial charge in [0.2, 0.25) is 0 Å². The molecule has 4 aromatic rings. The summed E-state index contributed by atoms with van der Waals surface area (Å²) in [6, 6.07) is 15.3. The molecule has 10 heteroatoms. The molecule has 0 bridgehead atoms. The van der Waals surface area contributed by atoms with Gasteiger partial charge in [0, 0.05) is 25.7 Å². The van der Waals surface area contributed by atoms with Crippen LogP contribution in [0, 0.1) is 0 Å². The summed E-state index contributed by atoms with van der Waals surface area (Å²) in [6.45, 7) is 1.08. The Morgan fingerprint density at radius 1 is 1.00 bits per heavy atom. The Bertz CT molecular complexity index is 1400. The highest BCUT2D eigenvalue weighted by molar-refractivity contribution is 6.30. The number of nitrogens with zero attached hydrogens (tertiary/aromatic N) is 5. The van der Waals surface area contributed by atoms with Crippen molar-refractivity contribution in [1.82, 2.24) is 23.6 Å². The molecule has 0 saturated carbocycles. The second-order valence-corrected chi connectivity index (χ2v) is 8.41. The maximum atomic E-state index is 13.0. The van der Waals surface area contributed by atoms with E-state index >= 15 is 0 Å². The first-order valence-corrected chi connectivity index (χ1v) is 10.4. The van der Waals surface area contributed by atoms with Gasteiger partial charge < -0.3 is 9.64 Å². The van der Waals surface area contributed by atoms with Gasteiger partial charge in [0.05, 0.1) is 6.54 Å². The smallest absolute Gasteiger partial charge is 0.332 e. The first-order chi connectivity index (χ1) is 15.2. The van der Waals surface area contributed by atoms with Crippen molar-refractivity contribution in [2.45, 2.75) is 13.1 Å². The second kappa shape index (κ2) is 9.82. The summed E-state index contributed by atoms with van der Waals surface area (Å²) in [7, 11) is 7.03. The van der Waals surface area contributed by atoms with Crippen LogP contribution in [-0.2, 0) is 27.2 Å². The molecule has 0 amide bonds. The van der Waals surface area contributed by atoms with Crippen LogP contribution in [0.25, 0.3) is 11.2 Å². The third kappa shape index (κ3) is 4.98. The minimum absolute atomic E-state index is 0.